The van der Waals surface area contributed by atoms with E-state index in [-0.39, 0.29) is 12.3 Å². The zero-order chi connectivity index (χ0) is 32.3. The van der Waals surface area contributed by atoms with Gasteiger partial charge in [-0.15, -0.1) is 0 Å². The first-order chi connectivity index (χ1) is 22.0. The second-order valence-electron chi connectivity index (χ2n) is 11.5. The fourth-order valence-corrected chi connectivity index (χ4v) is 7.06. The lowest BCUT2D eigenvalue weighted by Crippen LogP contribution is -2.33. The van der Waals surface area contributed by atoms with Gasteiger partial charge >= 0.3 is 15.2 Å². The number of benzene rings is 4. The molecule has 0 amide bonds. The van der Waals surface area contributed by atoms with Crippen molar-refractivity contribution in [3.63, 3.8) is 0 Å². The summed E-state index contributed by atoms with van der Waals surface area (Å²) in [6.45, 7) is 1.29. The van der Waals surface area contributed by atoms with Gasteiger partial charge in [-0.1, -0.05) is 84.9 Å². The van der Waals surface area contributed by atoms with Crippen LogP contribution in [0.15, 0.2) is 134 Å². The van der Waals surface area contributed by atoms with E-state index in [2.05, 4.69) is 69.8 Å². The zero-order valence-electron chi connectivity index (χ0n) is 24.9. The fourth-order valence-electron chi connectivity index (χ4n) is 5.68. The molecule has 0 saturated carbocycles. The lowest BCUT2D eigenvalue weighted by atomic mass is 9.93. The van der Waals surface area contributed by atoms with Crippen LogP contribution in [0.25, 0.3) is 33.0 Å². The maximum atomic E-state index is 11.3. The van der Waals surface area contributed by atoms with Crippen LogP contribution in [0.2, 0.25) is 0 Å². The van der Waals surface area contributed by atoms with Gasteiger partial charge in [-0.05, 0) is 44.2 Å². The lowest BCUT2D eigenvalue weighted by molar-refractivity contribution is -0.688. The molecule has 0 radical (unpaired) electrons. The van der Waals surface area contributed by atoms with E-state index in [0.717, 1.165) is 44.2 Å². The average molecular weight is 653 g/mol. The smallest absolute Gasteiger partial charge is 0.324 e. The summed E-state index contributed by atoms with van der Waals surface area (Å²) in [7, 11) is -8.17. The Kier molecular flexibility index (Phi) is 9.12. The van der Waals surface area contributed by atoms with E-state index < -0.39 is 15.2 Å². The van der Waals surface area contributed by atoms with Crippen LogP contribution in [-0.2, 0) is 34.5 Å². The van der Waals surface area contributed by atoms with Crippen molar-refractivity contribution in [2.45, 2.75) is 25.4 Å². The van der Waals surface area contributed by atoms with Crippen LogP contribution in [0, 0.1) is 0 Å². The number of fused-ring (bicyclic) bond motifs is 1. The first-order valence-corrected chi connectivity index (χ1v) is 18.3. The van der Waals surface area contributed by atoms with Crippen LogP contribution < -0.4 is 9.13 Å². The third kappa shape index (κ3) is 8.11. The zero-order valence-corrected chi connectivity index (χ0v) is 26.7. The van der Waals surface area contributed by atoms with E-state index in [1.54, 1.807) is 24.3 Å². The fraction of sp³-hybridized carbons (Fsp3) is 0.111. The molecule has 2 aromatic heterocycles. The summed E-state index contributed by atoms with van der Waals surface area (Å²) >= 11 is 0. The van der Waals surface area contributed by atoms with Gasteiger partial charge in [0.05, 0.1) is 12.3 Å². The molecule has 232 valence electrons. The highest BCUT2D eigenvalue weighted by molar-refractivity contribution is 7.51. The van der Waals surface area contributed by atoms with Gasteiger partial charge in [0, 0.05) is 35.4 Å². The molecule has 0 aliphatic carbocycles. The lowest BCUT2D eigenvalue weighted by Gasteiger charge is -2.12. The highest BCUT2D eigenvalue weighted by Crippen LogP contribution is 2.40. The molecular formula is C36H34N2O6P2+2. The Labute approximate surface area is 267 Å². The Bertz CT molecular complexity index is 1920. The van der Waals surface area contributed by atoms with Crippen LogP contribution in [-0.4, -0.2) is 19.6 Å². The normalized spacial score (nSPS) is 12.0. The van der Waals surface area contributed by atoms with Crippen molar-refractivity contribution in [2.75, 3.05) is 0 Å². The van der Waals surface area contributed by atoms with E-state index in [9.17, 15) is 28.7 Å². The topological polar surface area (TPSA) is 123 Å². The maximum Gasteiger partial charge on any atom is 0.329 e. The van der Waals surface area contributed by atoms with Gasteiger partial charge in [-0.2, -0.15) is 0 Å². The molecule has 4 aromatic carbocycles. The summed E-state index contributed by atoms with van der Waals surface area (Å²) in [5.41, 5.74) is 7.82. The maximum absolute atomic E-state index is 11.3. The van der Waals surface area contributed by atoms with Crippen molar-refractivity contribution in [1.29, 1.82) is 0 Å². The van der Waals surface area contributed by atoms with E-state index in [4.69, 9.17) is 0 Å². The number of pyridine rings is 2. The van der Waals surface area contributed by atoms with Crippen molar-refractivity contribution < 1.29 is 37.8 Å². The third-order valence-corrected chi connectivity index (χ3v) is 9.44. The molecule has 0 bridgehead atoms. The standard InChI is InChI=1S/C36H32N2O6P2/c39-45(40,41)25-29-9-5-27(6-10-29)23-37-19-15-31(16-20-37)33-13-14-34(36-4-2-1-3-35(33)36)32-17-21-38(22-18-32)24-28-7-11-30(12-8-28)26-46(42,43)44/h1-22H,23-26H2,(H2-2,39,40,41,42,43,44)/p+2. The molecule has 6 aromatic rings. The predicted octanol–water partition coefficient (Wildman–Crippen LogP) is 6.20. The molecular weight excluding hydrogens is 618 g/mol. The second-order valence-corrected chi connectivity index (χ2v) is 14.8. The van der Waals surface area contributed by atoms with E-state index in [1.165, 1.54) is 0 Å². The van der Waals surface area contributed by atoms with E-state index in [0.29, 0.717) is 24.2 Å². The molecule has 0 atom stereocenters. The van der Waals surface area contributed by atoms with Gasteiger partial charge in [-0.3, -0.25) is 9.13 Å². The Morgan fingerprint density at radius 1 is 0.435 bits per heavy atom. The molecule has 10 heteroatoms. The monoisotopic (exact) mass is 652 g/mol. The Hall–Kier alpha value is -4.26. The largest absolute Gasteiger partial charge is 0.329 e. The minimum atomic E-state index is -4.09. The highest BCUT2D eigenvalue weighted by atomic mass is 31.2. The average Bonchev–Trinajstić information content (AvgIpc) is 3.02. The van der Waals surface area contributed by atoms with Crippen LogP contribution in [0.5, 0.6) is 0 Å². The Balaban J connectivity index is 1.18. The molecule has 0 spiro atoms. The molecule has 0 unspecified atom stereocenters. The van der Waals surface area contributed by atoms with Crippen LogP contribution in [0.3, 0.4) is 0 Å². The molecule has 0 saturated heterocycles. The first-order valence-electron chi connectivity index (χ1n) is 14.7. The minimum Gasteiger partial charge on any atom is -0.324 e. The number of aromatic nitrogens is 2. The first kappa shape index (κ1) is 31.7. The third-order valence-electron chi connectivity index (χ3n) is 7.88. The highest BCUT2D eigenvalue weighted by Gasteiger charge is 2.16. The summed E-state index contributed by atoms with van der Waals surface area (Å²) in [6.07, 6.45) is 7.67. The number of hydrogen-bond donors (Lipinski definition) is 4. The van der Waals surface area contributed by atoms with Crippen molar-refractivity contribution >= 4 is 26.0 Å². The number of nitrogens with zero attached hydrogens (tertiary/aromatic N) is 2. The summed E-state index contributed by atoms with van der Waals surface area (Å²) in [5.74, 6) is 0. The molecule has 4 N–H and O–H groups in total. The van der Waals surface area contributed by atoms with Crippen LogP contribution in [0.4, 0.5) is 0 Å². The molecule has 6 rings (SSSR count). The summed E-state index contributed by atoms with van der Waals surface area (Å²) in [4.78, 5) is 36.8. The van der Waals surface area contributed by atoms with Gasteiger partial charge < -0.3 is 19.6 Å². The van der Waals surface area contributed by atoms with E-state index in [1.807, 2.05) is 49.1 Å². The second kappa shape index (κ2) is 13.2. The molecule has 0 aliphatic heterocycles. The molecule has 46 heavy (non-hydrogen) atoms. The van der Waals surface area contributed by atoms with E-state index >= 15 is 0 Å². The SMILES string of the molecule is O=P(O)(O)Cc1ccc(C[n+]2ccc(-c3ccc(-c4cc[n+](Cc5ccc(CP(=O)(O)O)cc5)cc4)c4ccccc34)cc2)cc1. The van der Waals surface area contributed by atoms with Gasteiger partial charge in [0.2, 0.25) is 0 Å². The van der Waals surface area contributed by atoms with Gasteiger partial charge in [0.1, 0.15) is 0 Å². The number of rotatable bonds is 10. The molecule has 0 fully saturated rings. The summed E-state index contributed by atoms with van der Waals surface area (Å²) < 4.78 is 26.7. The van der Waals surface area contributed by atoms with Crippen molar-refractivity contribution in [3.8, 4) is 22.3 Å². The molecule has 0 aliphatic rings. The summed E-state index contributed by atoms with van der Waals surface area (Å²) in [5, 5.41) is 2.32. The van der Waals surface area contributed by atoms with Gasteiger partial charge in [0.15, 0.2) is 37.9 Å². The molecule has 8 nitrogen and oxygen atoms in total. The van der Waals surface area contributed by atoms with Crippen molar-refractivity contribution in [1.82, 2.24) is 0 Å². The van der Waals surface area contributed by atoms with Gasteiger partial charge in [-0.25, -0.2) is 9.13 Å². The van der Waals surface area contributed by atoms with Crippen LogP contribution >= 0.6 is 15.2 Å². The quantitative estimate of drug-likeness (QED) is 0.103. The summed E-state index contributed by atoms with van der Waals surface area (Å²) in [6, 6.07) is 35.8. The van der Waals surface area contributed by atoms with Crippen molar-refractivity contribution in [2.24, 2.45) is 0 Å². The number of hydrogen-bond acceptors (Lipinski definition) is 2. The van der Waals surface area contributed by atoms with Crippen molar-refractivity contribution in [3.05, 3.63) is 156 Å². The predicted molar refractivity (Wildman–Crippen MR) is 178 cm³/mol. The minimum absolute atomic E-state index is 0.255. The molecule has 2 heterocycles. The van der Waals surface area contributed by atoms with Gasteiger partial charge in [0.25, 0.3) is 0 Å². The Morgan fingerprint density at radius 2 is 0.761 bits per heavy atom. The Morgan fingerprint density at radius 3 is 1.09 bits per heavy atom. The van der Waals surface area contributed by atoms with Crippen LogP contribution in [0.1, 0.15) is 22.3 Å².